The molecule has 196 valence electrons. The van der Waals surface area contributed by atoms with Crippen LogP contribution in [0.2, 0.25) is 0 Å². The Hall–Kier alpha value is -4.13. The highest BCUT2D eigenvalue weighted by Crippen LogP contribution is 2.44. The average molecular weight is 513 g/mol. The standard InChI is InChI=1S/C31H32N2O5/c1-22(34)15-16-24-19-32(17-18-33(24)31(36)37-20-23-9-3-2-4-10-23)30(35)38-21-29-27-13-7-5-11-25(27)26-12-6-8-14-28(26)29/h2-14,24,29H,15-21H2,1H3. The van der Waals surface area contributed by atoms with Crippen molar-refractivity contribution in [2.24, 2.45) is 0 Å². The number of ether oxygens (including phenoxy) is 2. The van der Waals surface area contributed by atoms with E-state index in [9.17, 15) is 14.4 Å². The van der Waals surface area contributed by atoms with Crippen molar-refractivity contribution < 1.29 is 23.9 Å². The lowest BCUT2D eigenvalue weighted by molar-refractivity contribution is -0.117. The fourth-order valence-corrected chi connectivity index (χ4v) is 5.37. The van der Waals surface area contributed by atoms with Crippen LogP contribution in [0.4, 0.5) is 9.59 Å². The minimum atomic E-state index is -0.436. The van der Waals surface area contributed by atoms with Gasteiger partial charge in [0.05, 0.1) is 6.04 Å². The molecule has 7 heteroatoms. The predicted octanol–water partition coefficient (Wildman–Crippen LogP) is 5.63. The van der Waals surface area contributed by atoms with E-state index in [1.54, 1.807) is 9.80 Å². The predicted molar refractivity (Wildman–Crippen MR) is 144 cm³/mol. The maximum absolute atomic E-state index is 13.2. The van der Waals surface area contributed by atoms with Gasteiger partial charge >= 0.3 is 12.2 Å². The van der Waals surface area contributed by atoms with E-state index in [0.29, 0.717) is 32.5 Å². The van der Waals surface area contributed by atoms with Gasteiger partial charge in [-0.25, -0.2) is 9.59 Å². The largest absolute Gasteiger partial charge is 0.448 e. The second-order valence-corrected chi connectivity index (χ2v) is 9.88. The van der Waals surface area contributed by atoms with Crippen LogP contribution in [0.3, 0.4) is 0 Å². The number of Topliss-reactive ketones (excluding diaryl/α,β-unsaturated/α-hetero) is 1. The first-order valence-electron chi connectivity index (χ1n) is 13.1. The number of hydrogen-bond acceptors (Lipinski definition) is 5. The molecule has 2 amide bonds. The molecular formula is C31H32N2O5. The van der Waals surface area contributed by atoms with Crippen LogP contribution in [0.1, 0.15) is 42.4 Å². The lowest BCUT2D eigenvalue weighted by Gasteiger charge is -2.40. The van der Waals surface area contributed by atoms with Crippen LogP contribution < -0.4 is 0 Å². The first-order chi connectivity index (χ1) is 18.5. The van der Waals surface area contributed by atoms with Crippen LogP contribution in [0, 0.1) is 0 Å². The van der Waals surface area contributed by atoms with Crippen molar-refractivity contribution in [2.75, 3.05) is 26.2 Å². The molecule has 3 aromatic rings. The number of ketones is 1. The Balaban J connectivity index is 1.22. The van der Waals surface area contributed by atoms with Crippen molar-refractivity contribution in [3.63, 3.8) is 0 Å². The molecule has 3 aromatic carbocycles. The molecule has 5 rings (SSSR count). The molecule has 38 heavy (non-hydrogen) atoms. The van der Waals surface area contributed by atoms with E-state index in [1.807, 2.05) is 54.6 Å². The van der Waals surface area contributed by atoms with E-state index in [4.69, 9.17) is 9.47 Å². The Kier molecular flexibility index (Phi) is 7.73. The van der Waals surface area contributed by atoms with Crippen molar-refractivity contribution in [2.45, 2.75) is 38.3 Å². The molecule has 1 aliphatic carbocycles. The number of rotatable bonds is 7. The SMILES string of the molecule is CC(=O)CCC1CN(C(=O)OCC2c3ccccc3-c3ccccc32)CCN1C(=O)OCc1ccccc1. The van der Waals surface area contributed by atoms with Crippen molar-refractivity contribution in [1.82, 2.24) is 9.80 Å². The summed E-state index contributed by atoms with van der Waals surface area (Å²) in [4.78, 5) is 41.0. The monoisotopic (exact) mass is 512 g/mol. The van der Waals surface area contributed by atoms with Gasteiger partial charge in [-0.2, -0.15) is 0 Å². The molecule has 2 aliphatic rings. The van der Waals surface area contributed by atoms with Gasteiger partial charge in [0, 0.05) is 32.0 Å². The summed E-state index contributed by atoms with van der Waals surface area (Å²) in [5, 5.41) is 0. The van der Waals surface area contributed by atoms with E-state index in [0.717, 1.165) is 16.7 Å². The Morgan fingerprint density at radius 2 is 1.42 bits per heavy atom. The van der Waals surface area contributed by atoms with Crippen molar-refractivity contribution in [3.05, 3.63) is 95.6 Å². The maximum Gasteiger partial charge on any atom is 0.410 e. The zero-order valence-electron chi connectivity index (χ0n) is 21.5. The van der Waals surface area contributed by atoms with Crippen molar-refractivity contribution >= 4 is 18.0 Å². The number of carbonyl (C=O) groups is 3. The van der Waals surface area contributed by atoms with Crippen LogP contribution >= 0.6 is 0 Å². The normalized spacial score (nSPS) is 16.5. The van der Waals surface area contributed by atoms with Crippen molar-refractivity contribution in [3.8, 4) is 11.1 Å². The van der Waals surface area contributed by atoms with E-state index >= 15 is 0 Å². The third kappa shape index (κ3) is 5.57. The highest BCUT2D eigenvalue weighted by molar-refractivity contribution is 5.79. The molecule has 7 nitrogen and oxygen atoms in total. The lowest BCUT2D eigenvalue weighted by Crippen LogP contribution is -2.56. The van der Waals surface area contributed by atoms with E-state index in [-0.39, 0.29) is 31.0 Å². The smallest absolute Gasteiger partial charge is 0.410 e. The summed E-state index contributed by atoms with van der Waals surface area (Å²) in [5.41, 5.74) is 5.57. The summed E-state index contributed by atoms with van der Waals surface area (Å²) in [5.74, 6) is 0.0231. The molecule has 1 aliphatic heterocycles. The van der Waals surface area contributed by atoms with E-state index < -0.39 is 12.2 Å². The molecule has 0 spiro atoms. The Labute approximate surface area is 223 Å². The second-order valence-electron chi connectivity index (χ2n) is 9.88. The third-order valence-electron chi connectivity index (χ3n) is 7.35. The van der Waals surface area contributed by atoms with Crippen LogP contribution in [0.15, 0.2) is 78.9 Å². The third-order valence-corrected chi connectivity index (χ3v) is 7.35. The zero-order chi connectivity index (χ0) is 26.5. The molecule has 1 heterocycles. The van der Waals surface area contributed by atoms with Gasteiger partial charge in [0.2, 0.25) is 0 Å². The number of benzene rings is 3. The number of amides is 2. The number of carbonyl (C=O) groups excluding carboxylic acids is 3. The molecule has 1 fully saturated rings. The maximum atomic E-state index is 13.2. The molecule has 0 aromatic heterocycles. The summed E-state index contributed by atoms with van der Waals surface area (Å²) in [6.07, 6.45) is -0.0548. The molecule has 0 radical (unpaired) electrons. The number of piperazine rings is 1. The quantitative estimate of drug-likeness (QED) is 0.410. The van der Waals surface area contributed by atoms with Gasteiger partial charge in [-0.15, -0.1) is 0 Å². The lowest BCUT2D eigenvalue weighted by atomic mass is 9.98. The van der Waals surface area contributed by atoms with Gasteiger partial charge in [0.25, 0.3) is 0 Å². The highest BCUT2D eigenvalue weighted by Gasteiger charge is 2.35. The van der Waals surface area contributed by atoms with Gasteiger partial charge in [0.1, 0.15) is 19.0 Å². The van der Waals surface area contributed by atoms with E-state index in [2.05, 4.69) is 24.3 Å². The van der Waals surface area contributed by atoms with Crippen LogP contribution in [0.25, 0.3) is 11.1 Å². The molecule has 0 N–H and O–H groups in total. The van der Waals surface area contributed by atoms with Gasteiger partial charge in [-0.1, -0.05) is 78.9 Å². The average Bonchev–Trinajstić information content (AvgIpc) is 3.27. The Morgan fingerprint density at radius 1 is 0.789 bits per heavy atom. The Bertz CT molecular complexity index is 1260. The molecular weight excluding hydrogens is 480 g/mol. The number of hydrogen-bond donors (Lipinski definition) is 0. The summed E-state index contributed by atoms with van der Waals surface area (Å²) < 4.78 is 11.4. The molecule has 1 atom stereocenters. The number of fused-ring (bicyclic) bond motifs is 3. The van der Waals surface area contributed by atoms with Gasteiger partial charge in [-0.3, -0.25) is 0 Å². The fourth-order valence-electron chi connectivity index (χ4n) is 5.37. The zero-order valence-corrected chi connectivity index (χ0v) is 21.5. The van der Waals surface area contributed by atoms with E-state index in [1.165, 1.54) is 18.1 Å². The van der Waals surface area contributed by atoms with Crippen LogP contribution in [-0.2, 0) is 20.9 Å². The molecule has 0 bridgehead atoms. The highest BCUT2D eigenvalue weighted by atomic mass is 16.6. The van der Waals surface area contributed by atoms with Gasteiger partial charge in [0.15, 0.2) is 0 Å². The van der Waals surface area contributed by atoms with Gasteiger partial charge < -0.3 is 24.1 Å². The number of nitrogens with zero attached hydrogens (tertiary/aromatic N) is 2. The fraction of sp³-hybridized carbons (Fsp3) is 0.323. The summed E-state index contributed by atoms with van der Waals surface area (Å²) >= 11 is 0. The minimum Gasteiger partial charge on any atom is -0.448 e. The molecule has 1 unspecified atom stereocenters. The van der Waals surface area contributed by atoms with Gasteiger partial charge in [-0.05, 0) is 41.2 Å². The summed E-state index contributed by atoms with van der Waals surface area (Å²) in [7, 11) is 0. The second kappa shape index (κ2) is 11.5. The van der Waals surface area contributed by atoms with Crippen LogP contribution in [-0.4, -0.2) is 60.1 Å². The molecule has 1 saturated heterocycles. The first-order valence-corrected chi connectivity index (χ1v) is 13.1. The van der Waals surface area contributed by atoms with Crippen molar-refractivity contribution in [1.29, 1.82) is 0 Å². The minimum absolute atomic E-state index is 0.0193. The molecule has 0 saturated carbocycles. The summed E-state index contributed by atoms with van der Waals surface area (Å²) in [6.45, 7) is 2.90. The topological polar surface area (TPSA) is 76.2 Å². The van der Waals surface area contributed by atoms with Crippen LogP contribution in [0.5, 0.6) is 0 Å². The first kappa shape index (κ1) is 25.5. The summed E-state index contributed by atoms with van der Waals surface area (Å²) in [6, 6.07) is 25.6. The Morgan fingerprint density at radius 3 is 2.08 bits per heavy atom.